The lowest BCUT2D eigenvalue weighted by Gasteiger charge is -2.20. The Balaban J connectivity index is 2.80. The van der Waals surface area contributed by atoms with Gasteiger partial charge in [0.2, 0.25) is 0 Å². The van der Waals surface area contributed by atoms with Crippen LogP contribution in [0.2, 0.25) is 0 Å². The summed E-state index contributed by atoms with van der Waals surface area (Å²) in [7, 11) is 0. The van der Waals surface area contributed by atoms with Crippen molar-refractivity contribution in [3.63, 3.8) is 0 Å². The monoisotopic (exact) mass is 281 g/mol. The maximum Gasteiger partial charge on any atom is 0.323 e. The number of hydrogen-bond acceptors (Lipinski definition) is 3. The minimum atomic E-state index is -0.985. The van der Waals surface area contributed by atoms with Gasteiger partial charge in [0.25, 0.3) is 5.91 Å². The Kier molecular flexibility index (Phi) is 6.42. The lowest BCUT2D eigenvalue weighted by atomic mass is 10.1. The number of aliphatic carboxylic acids is 1. The van der Waals surface area contributed by atoms with Gasteiger partial charge >= 0.3 is 5.97 Å². The maximum atomic E-state index is 12.2. The number of carbonyl (C=O) groups excluding carboxylic acids is 1. The lowest BCUT2D eigenvalue weighted by molar-refractivity contribution is -0.137. The van der Waals surface area contributed by atoms with Crippen molar-refractivity contribution in [3.05, 3.63) is 35.4 Å². The fourth-order valence-corrected chi connectivity index (χ4v) is 2.30. The summed E-state index contributed by atoms with van der Waals surface area (Å²) in [5.74, 6) is -0.303. The number of amides is 1. The molecule has 0 aromatic heterocycles. The van der Waals surface area contributed by atoms with Crippen LogP contribution in [0.1, 0.15) is 29.3 Å². The van der Waals surface area contributed by atoms with Gasteiger partial charge in [0.15, 0.2) is 0 Å². The van der Waals surface area contributed by atoms with Crippen LogP contribution in [-0.2, 0) is 10.5 Å². The van der Waals surface area contributed by atoms with Crippen molar-refractivity contribution < 1.29 is 14.7 Å². The van der Waals surface area contributed by atoms with Gasteiger partial charge < -0.3 is 10.0 Å². The second-order valence-corrected chi connectivity index (χ2v) is 5.12. The predicted octanol–water partition coefficient (Wildman–Crippen LogP) is 2.49. The average molecular weight is 281 g/mol. The van der Waals surface area contributed by atoms with E-state index in [4.69, 9.17) is 5.11 Å². The van der Waals surface area contributed by atoms with Crippen LogP contribution in [0.4, 0.5) is 0 Å². The molecule has 104 valence electrons. The highest BCUT2D eigenvalue weighted by Gasteiger charge is 2.17. The fourth-order valence-electron chi connectivity index (χ4n) is 1.78. The third-order valence-electron chi connectivity index (χ3n) is 2.62. The van der Waals surface area contributed by atoms with Crippen molar-refractivity contribution in [1.82, 2.24) is 4.90 Å². The first-order chi connectivity index (χ1) is 9.08. The summed E-state index contributed by atoms with van der Waals surface area (Å²) in [6, 6.07) is 7.35. The van der Waals surface area contributed by atoms with Crippen LogP contribution >= 0.6 is 11.8 Å². The first-order valence-corrected chi connectivity index (χ1v) is 7.56. The maximum absolute atomic E-state index is 12.2. The summed E-state index contributed by atoms with van der Waals surface area (Å²) >= 11 is 1.72. The van der Waals surface area contributed by atoms with E-state index in [9.17, 15) is 9.59 Å². The first kappa shape index (κ1) is 15.6. The molecule has 0 aliphatic carbocycles. The molecule has 0 saturated heterocycles. The molecule has 0 bridgehead atoms. The number of carboxylic acid groups (broad SMARTS) is 1. The van der Waals surface area contributed by atoms with Gasteiger partial charge in [0.1, 0.15) is 6.54 Å². The van der Waals surface area contributed by atoms with E-state index in [0.29, 0.717) is 12.1 Å². The highest BCUT2D eigenvalue weighted by molar-refractivity contribution is 7.97. The summed E-state index contributed by atoms with van der Waals surface area (Å²) < 4.78 is 0. The molecule has 0 saturated carbocycles. The average Bonchev–Trinajstić information content (AvgIpc) is 2.38. The number of hydrogen-bond donors (Lipinski definition) is 1. The molecule has 0 aliphatic rings. The van der Waals surface area contributed by atoms with E-state index in [1.165, 1.54) is 4.90 Å². The predicted molar refractivity (Wildman–Crippen MR) is 77.5 cm³/mol. The minimum absolute atomic E-state index is 0.222. The van der Waals surface area contributed by atoms with Gasteiger partial charge in [-0.1, -0.05) is 19.1 Å². The summed E-state index contributed by atoms with van der Waals surface area (Å²) in [6.45, 7) is 2.13. The molecule has 0 fully saturated rings. The zero-order valence-electron chi connectivity index (χ0n) is 11.3. The van der Waals surface area contributed by atoms with E-state index in [1.54, 1.807) is 23.9 Å². The molecule has 0 heterocycles. The third kappa shape index (κ3) is 4.95. The Morgan fingerprint density at radius 2 is 1.89 bits per heavy atom. The second kappa shape index (κ2) is 7.84. The molecule has 1 N–H and O–H groups in total. The van der Waals surface area contributed by atoms with Crippen molar-refractivity contribution >= 4 is 23.6 Å². The van der Waals surface area contributed by atoms with Crippen LogP contribution in [0.5, 0.6) is 0 Å². The van der Waals surface area contributed by atoms with Crippen molar-refractivity contribution in [2.24, 2.45) is 0 Å². The largest absolute Gasteiger partial charge is 0.480 e. The van der Waals surface area contributed by atoms with Gasteiger partial charge in [-0.05, 0) is 30.4 Å². The van der Waals surface area contributed by atoms with E-state index >= 15 is 0 Å². The summed E-state index contributed by atoms with van der Waals surface area (Å²) in [5, 5.41) is 8.82. The van der Waals surface area contributed by atoms with Crippen LogP contribution < -0.4 is 0 Å². The molecule has 0 radical (unpaired) electrons. The van der Waals surface area contributed by atoms with Crippen molar-refractivity contribution in [2.45, 2.75) is 19.1 Å². The highest BCUT2D eigenvalue weighted by Crippen LogP contribution is 2.12. The summed E-state index contributed by atoms with van der Waals surface area (Å²) in [5.41, 5.74) is 1.70. The molecule has 0 unspecified atom stereocenters. The SMILES string of the molecule is CCCN(CC(=O)O)C(=O)c1ccc(CSC)cc1. The zero-order valence-corrected chi connectivity index (χ0v) is 12.1. The number of nitrogens with zero attached hydrogens (tertiary/aromatic N) is 1. The third-order valence-corrected chi connectivity index (χ3v) is 3.24. The van der Waals surface area contributed by atoms with E-state index in [1.807, 2.05) is 25.3 Å². The Labute approximate surface area is 117 Å². The van der Waals surface area contributed by atoms with Gasteiger partial charge in [0, 0.05) is 17.9 Å². The number of thioether (sulfide) groups is 1. The van der Waals surface area contributed by atoms with E-state index in [2.05, 4.69) is 0 Å². The number of carbonyl (C=O) groups is 2. The standard InChI is InChI=1S/C14H19NO3S/c1-3-8-15(9-13(16)17)14(18)12-6-4-11(5-7-12)10-19-2/h4-7H,3,8-10H2,1-2H3,(H,16,17). The fraction of sp³-hybridized carbons (Fsp3) is 0.429. The molecule has 0 spiro atoms. The van der Waals surface area contributed by atoms with Crippen LogP contribution in [-0.4, -0.2) is 41.2 Å². The van der Waals surface area contributed by atoms with Crippen LogP contribution in [0, 0.1) is 0 Å². The Bertz CT molecular complexity index is 431. The Morgan fingerprint density at radius 3 is 2.37 bits per heavy atom. The molecule has 1 aromatic carbocycles. The smallest absolute Gasteiger partial charge is 0.323 e. The highest BCUT2D eigenvalue weighted by atomic mass is 32.2. The normalized spacial score (nSPS) is 10.2. The van der Waals surface area contributed by atoms with Crippen molar-refractivity contribution in [2.75, 3.05) is 19.3 Å². The quantitative estimate of drug-likeness (QED) is 0.834. The molecule has 1 rings (SSSR count). The molecule has 1 amide bonds. The molecular formula is C14H19NO3S. The molecule has 5 heteroatoms. The second-order valence-electron chi connectivity index (χ2n) is 4.25. The number of carboxylic acids is 1. The molecule has 19 heavy (non-hydrogen) atoms. The van der Waals surface area contributed by atoms with E-state index in [0.717, 1.165) is 17.7 Å². The number of rotatable bonds is 7. The first-order valence-electron chi connectivity index (χ1n) is 6.17. The van der Waals surface area contributed by atoms with Crippen LogP contribution in [0.25, 0.3) is 0 Å². The van der Waals surface area contributed by atoms with Gasteiger partial charge in [-0.2, -0.15) is 11.8 Å². The van der Waals surface area contributed by atoms with Gasteiger partial charge in [0.05, 0.1) is 0 Å². The zero-order chi connectivity index (χ0) is 14.3. The topological polar surface area (TPSA) is 57.6 Å². The van der Waals surface area contributed by atoms with Crippen LogP contribution in [0.3, 0.4) is 0 Å². The summed E-state index contributed by atoms with van der Waals surface area (Å²) in [4.78, 5) is 24.3. The minimum Gasteiger partial charge on any atom is -0.480 e. The molecule has 4 nitrogen and oxygen atoms in total. The van der Waals surface area contributed by atoms with Crippen LogP contribution in [0.15, 0.2) is 24.3 Å². The van der Waals surface area contributed by atoms with Crippen molar-refractivity contribution in [3.8, 4) is 0 Å². The molecule has 0 atom stereocenters. The molecule has 0 aliphatic heterocycles. The van der Waals surface area contributed by atoms with Crippen molar-refractivity contribution in [1.29, 1.82) is 0 Å². The lowest BCUT2D eigenvalue weighted by Crippen LogP contribution is -2.36. The van der Waals surface area contributed by atoms with E-state index < -0.39 is 5.97 Å². The number of benzene rings is 1. The van der Waals surface area contributed by atoms with Gasteiger partial charge in [-0.15, -0.1) is 0 Å². The van der Waals surface area contributed by atoms with E-state index in [-0.39, 0.29) is 12.5 Å². The Hall–Kier alpha value is -1.49. The van der Waals surface area contributed by atoms with Gasteiger partial charge in [-0.25, -0.2) is 0 Å². The summed E-state index contributed by atoms with van der Waals surface area (Å²) in [6.07, 6.45) is 2.76. The molecular weight excluding hydrogens is 262 g/mol. The Morgan fingerprint density at radius 1 is 1.26 bits per heavy atom. The van der Waals surface area contributed by atoms with Gasteiger partial charge in [-0.3, -0.25) is 9.59 Å². The molecule has 1 aromatic rings.